The van der Waals surface area contributed by atoms with E-state index in [0.29, 0.717) is 11.6 Å². The van der Waals surface area contributed by atoms with Crippen molar-refractivity contribution in [3.8, 4) is 0 Å². The van der Waals surface area contributed by atoms with Gasteiger partial charge in [0, 0.05) is 19.1 Å². The molecule has 0 aliphatic carbocycles. The Labute approximate surface area is 115 Å². The fourth-order valence-corrected chi connectivity index (χ4v) is 2.73. The lowest BCUT2D eigenvalue weighted by molar-refractivity contribution is 0.100. The van der Waals surface area contributed by atoms with Crippen molar-refractivity contribution in [2.45, 2.75) is 32.7 Å². The maximum atomic E-state index is 11.6. The van der Waals surface area contributed by atoms with E-state index in [1.165, 1.54) is 0 Å². The standard InChI is InChI=1S/C15H23N3O/c1-3-8-18(12-6-7-17-10-12)14-9-11(2)4-5-13(14)15(16)19/h4-5,9,12,17H,3,6-8,10H2,1-2H3,(H2,16,19). The third kappa shape index (κ3) is 3.07. The third-order valence-corrected chi connectivity index (χ3v) is 3.67. The van der Waals surface area contributed by atoms with Crippen LogP contribution in [0.15, 0.2) is 18.2 Å². The highest BCUT2D eigenvalue weighted by atomic mass is 16.1. The molecule has 2 rings (SSSR count). The van der Waals surface area contributed by atoms with Crippen molar-refractivity contribution in [2.75, 3.05) is 24.5 Å². The Bertz CT molecular complexity index is 453. The van der Waals surface area contributed by atoms with E-state index in [1.54, 1.807) is 0 Å². The summed E-state index contributed by atoms with van der Waals surface area (Å²) in [4.78, 5) is 14.0. The van der Waals surface area contributed by atoms with E-state index >= 15 is 0 Å². The zero-order valence-corrected chi connectivity index (χ0v) is 11.8. The Morgan fingerprint density at radius 2 is 2.32 bits per heavy atom. The number of nitrogens with zero attached hydrogens (tertiary/aromatic N) is 1. The molecule has 104 valence electrons. The first kappa shape index (κ1) is 13.9. The van der Waals surface area contributed by atoms with Crippen molar-refractivity contribution in [1.29, 1.82) is 0 Å². The molecule has 1 amide bonds. The fourth-order valence-electron chi connectivity index (χ4n) is 2.73. The summed E-state index contributed by atoms with van der Waals surface area (Å²) in [6.07, 6.45) is 2.18. The molecule has 1 aliphatic heterocycles. The zero-order chi connectivity index (χ0) is 13.8. The number of nitrogens with two attached hydrogens (primary N) is 1. The molecular formula is C15H23N3O. The monoisotopic (exact) mass is 261 g/mol. The van der Waals surface area contributed by atoms with Gasteiger partial charge in [-0.3, -0.25) is 4.79 Å². The minimum Gasteiger partial charge on any atom is -0.367 e. The number of aryl methyl sites for hydroxylation is 1. The van der Waals surface area contributed by atoms with Crippen molar-refractivity contribution in [1.82, 2.24) is 5.32 Å². The molecule has 1 unspecified atom stereocenters. The second-order valence-electron chi connectivity index (χ2n) is 5.22. The van der Waals surface area contributed by atoms with Gasteiger partial charge in [0.05, 0.1) is 11.3 Å². The lowest BCUT2D eigenvalue weighted by atomic mass is 10.1. The molecule has 1 fully saturated rings. The number of carbonyl (C=O) groups is 1. The Morgan fingerprint density at radius 3 is 2.89 bits per heavy atom. The summed E-state index contributed by atoms with van der Waals surface area (Å²) in [5, 5.41) is 3.39. The summed E-state index contributed by atoms with van der Waals surface area (Å²) in [5.41, 5.74) is 8.29. The van der Waals surface area contributed by atoms with Gasteiger partial charge in [0.15, 0.2) is 0 Å². The Balaban J connectivity index is 2.39. The molecule has 4 heteroatoms. The van der Waals surface area contributed by atoms with Gasteiger partial charge in [-0.2, -0.15) is 0 Å². The number of hydrogen-bond acceptors (Lipinski definition) is 3. The van der Waals surface area contributed by atoms with Gasteiger partial charge < -0.3 is 16.0 Å². The van der Waals surface area contributed by atoms with Gasteiger partial charge in [-0.15, -0.1) is 0 Å². The number of hydrogen-bond donors (Lipinski definition) is 2. The van der Waals surface area contributed by atoms with Crippen molar-refractivity contribution >= 4 is 11.6 Å². The van der Waals surface area contributed by atoms with Crippen LogP contribution in [0, 0.1) is 6.92 Å². The molecule has 1 heterocycles. The van der Waals surface area contributed by atoms with Crippen LogP contribution < -0.4 is 16.0 Å². The molecule has 0 saturated carbocycles. The lowest BCUT2D eigenvalue weighted by Crippen LogP contribution is -2.38. The summed E-state index contributed by atoms with van der Waals surface area (Å²) in [6.45, 7) is 7.19. The van der Waals surface area contributed by atoms with Crippen molar-refractivity contribution in [3.63, 3.8) is 0 Å². The van der Waals surface area contributed by atoms with Crippen LogP contribution >= 0.6 is 0 Å². The lowest BCUT2D eigenvalue weighted by Gasteiger charge is -2.32. The van der Waals surface area contributed by atoms with Gasteiger partial charge in [0.25, 0.3) is 5.91 Å². The van der Waals surface area contributed by atoms with Crippen molar-refractivity contribution in [2.24, 2.45) is 5.73 Å². The molecule has 1 aromatic rings. The first-order valence-electron chi connectivity index (χ1n) is 7.01. The molecule has 0 aromatic heterocycles. The normalized spacial score (nSPS) is 18.5. The summed E-state index contributed by atoms with van der Waals surface area (Å²) in [5.74, 6) is -0.345. The van der Waals surface area contributed by atoms with Crippen LogP contribution in [0.4, 0.5) is 5.69 Å². The molecular weight excluding hydrogens is 238 g/mol. The van der Waals surface area contributed by atoms with Gasteiger partial charge in [0.2, 0.25) is 0 Å². The molecule has 1 aromatic carbocycles. The van der Waals surface area contributed by atoms with Crippen molar-refractivity contribution in [3.05, 3.63) is 29.3 Å². The SMILES string of the molecule is CCCN(c1cc(C)ccc1C(N)=O)C1CCNC1. The number of rotatable bonds is 5. The molecule has 0 bridgehead atoms. The molecule has 19 heavy (non-hydrogen) atoms. The highest BCUT2D eigenvalue weighted by Gasteiger charge is 2.24. The number of benzene rings is 1. The van der Waals surface area contributed by atoms with E-state index in [4.69, 9.17) is 5.73 Å². The van der Waals surface area contributed by atoms with Gasteiger partial charge in [-0.1, -0.05) is 13.0 Å². The zero-order valence-electron chi connectivity index (χ0n) is 11.8. The average Bonchev–Trinajstić information content (AvgIpc) is 2.89. The van der Waals surface area contributed by atoms with Crippen molar-refractivity contribution < 1.29 is 4.79 Å². The van der Waals surface area contributed by atoms with Gasteiger partial charge in [0.1, 0.15) is 0 Å². The van der Waals surface area contributed by atoms with Crippen LogP contribution in [0.3, 0.4) is 0 Å². The van der Waals surface area contributed by atoms with E-state index in [1.807, 2.05) is 19.1 Å². The van der Waals surface area contributed by atoms with Gasteiger partial charge >= 0.3 is 0 Å². The van der Waals surface area contributed by atoms with E-state index in [-0.39, 0.29) is 5.91 Å². The smallest absolute Gasteiger partial charge is 0.250 e. The Kier molecular flexibility index (Phi) is 4.43. The molecule has 1 atom stereocenters. The number of nitrogens with one attached hydrogen (secondary N) is 1. The van der Waals surface area contributed by atoms with Gasteiger partial charge in [-0.25, -0.2) is 0 Å². The maximum Gasteiger partial charge on any atom is 0.250 e. The van der Waals surface area contributed by atoms with Crippen LogP contribution in [0.1, 0.15) is 35.7 Å². The molecule has 4 nitrogen and oxygen atoms in total. The highest BCUT2D eigenvalue weighted by molar-refractivity contribution is 5.98. The minimum absolute atomic E-state index is 0.345. The van der Waals surface area contributed by atoms with E-state index in [0.717, 1.165) is 43.7 Å². The Hall–Kier alpha value is -1.55. The first-order valence-corrected chi connectivity index (χ1v) is 7.01. The maximum absolute atomic E-state index is 11.6. The summed E-state index contributed by atoms with van der Waals surface area (Å²) < 4.78 is 0. The number of amides is 1. The predicted octanol–water partition coefficient (Wildman–Crippen LogP) is 1.67. The highest BCUT2D eigenvalue weighted by Crippen LogP contribution is 2.26. The van der Waals surface area contributed by atoms with Crippen LogP contribution in [-0.4, -0.2) is 31.6 Å². The van der Waals surface area contributed by atoms with Gasteiger partial charge in [-0.05, 0) is 44.0 Å². The summed E-state index contributed by atoms with van der Waals surface area (Å²) in [7, 11) is 0. The van der Waals surface area contributed by atoms with Crippen LogP contribution in [-0.2, 0) is 0 Å². The summed E-state index contributed by atoms with van der Waals surface area (Å²) in [6, 6.07) is 6.33. The number of primary amides is 1. The summed E-state index contributed by atoms with van der Waals surface area (Å²) >= 11 is 0. The Morgan fingerprint density at radius 1 is 1.53 bits per heavy atom. The second-order valence-corrected chi connectivity index (χ2v) is 5.22. The van der Waals surface area contributed by atoms with E-state index < -0.39 is 0 Å². The second kappa shape index (κ2) is 6.06. The topological polar surface area (TPSA) is 58.4 Å². The molecule has 3 N–H and O–H groups in total. The number of carbonyl (C=O) groups excluding carboxylic acids is 1. The predicted molar refractivity (Wildman–Crippen MR) is 78.6 cm³/mol. The van der Waals surface area contributed by atoms with Crippen LogP contribution in [0.2, 0.25) is 0 Å². The molecule has 0 radical (unpaired) electrons. The first-order chi connectivity index (χ1) is 9.13. The van der Waals surface area contributed by atoms with E-state index in [9.17, 15) is 4.79 Å². The molecule has 1 saturated heterocycles. The van der Waals surface area contributed by atoms with E-state index in [2.05, 4.69) is 23.2 Å². The molecule has 1 aliphatic rings. The quantitative estimate of drug-likeness (QED) is 0.847. The number of anilines is 1. The van der Waals surface area contributed by atoms with Crippen LogP contribution in [0.25, 0.3) is 0 Å². The largest absolute Gasteiger partial charge is 0.367 e. The van der Waals surface area contributed by atoms with Crippen LogP contribution in [0.5, 0.6) is 0 Å². The average molecular weight is 261 g/mol. The third-order valence-electron chi connectivity index (χ3n) is 3.67. The molecule has 0 spiro atoms. The minimum atomic E-state index is -0.345. The fraction of sp³-hybridized carbons (Fsp3) is 0.533.